The van der Waals surface area contributed by atoms with E-state index in [-0.39, 0.29) is 37.5 Å². The molecule has 0 unspecified atom stereocenters. The third-order valence-corrected chi connectivity index (χ3v) is 7.03. The molecule has 1 fully saturated rings. The van der Waals surface area contributed by atoms with Crippen molar-refractivity contribution in [3.63, 3.8) is 0 Å². The van der Waals surface area contributed by atoms with Crippen LogP contribution in [0.15, 0.2) is 42.6 Å². The molecular formula is C32H46N4O8. The number of likely N-dealkylation sites (tertiary alicyclic amines) is 1. The van der Waals surface area contributed by atoms with Crippen LogP contribution in [0.25, 0.3) is 0 Å². The molecule has 242 valence electrons. The number of ether oxygens (including phenoxy) is 5. The Morgan fingerprint density at radius 2 is 1.80 bits per heavy atom. The fourth-order valence-corrected chi connectivity index (χ4v) is 4.73. The molecule has 0 bridgehead atoms. The summed E-state index contributed by atoms with van der Waals surface area (Å²) in [4.78, 5) is 48.9. The second-order valence-electron chi connectivity index (χ2n) is 11.9. The average molecular weight is 615 g/mol. The summed E-state index contributed by atoms with van der Waals surface area (Å²) in [5.74, 6) is 0.797. The molecule has 0 saturated carbocycles. The first-order chi connectivity index (χ1) is 20.8. The highest BCUT2D eigenvalue weighted by Gasteiger charge is 2.42. The van der Waals surface area contributed by atoms with E-state index < -0.39 is 23.9 Å². The Labute approximate surface area is 260 Å². The smallest absolute Gasteiger partial charge is 0.415 e. The van der Waals surface area contributed by atoms with E-state index in [9.17, 15) is 14.4 Å². The van der Waals surface area contributed by atoms with Gasteiger partial charge in [0.1, 0.15) is 17.5 Å². The number of rotatable bonds is 12. The van der Waals surface area contributed by atoms with Crippen LogP contribution >= 0.6 is 0 Å². The van der Waals surface area contributed by atoms with Crippen molar-refractivity contribution < 1.29 is 38.1 Å². The van der Waals surface area contributed by atoms with E-state index in [1.807, 2.05) is 13.8 Å². The van der Waals surface area contributed by atoms with Crippen molar-refractivity contribution in [2.24, 2.45) is 5.92 Å². The summed E-state index contributed by atoms with van der Waals surface area (Å²) < 4.78 is 28.0. The van der Waals surface area contributed by atoms with Gasteiger partial charge in [0.05, 0.1) is 20.3 Å². The van der Waals surface area contributed by atoms with Crippen molar-refractivity contribution in [3.05, 3.63) is 48.2 Å². The molecule has 0 spiro atoms. The van der Waals surface area contributed by atoms with Crippen LogP contribution in [0.5, 0.6) is 11.5 Å². The van der Waals surface area contributed by atoms with Gasteiger partial charge in [-0.15, -0.1) is 0 Å². The van der Waals surface area contributed by atoms with E-state index in [0.717, 1.165) is 0 Å². The number of hydrogen-bond acceptors (Lipinski definition) is 9. The Morgan fingerprint density at radius 1 is 1.05 bits per heavy atom. The van der Waals surface area contributed by atoms with Crippen LogP contribution in [0, 0.1) is 5.92 Å². The van der Waals surface area contributed by atoms with E-state index in [1.165, 1.54) is 9.80 Å². The zero-order chi connectivity index (χ0) is 32.4. The molecule has 44 heavy (non-hydrogen) atoms. The van der Waals surface area contributed by atoms with E-state index in [1.54, 1.807) is 89.5 Å². The van der Waals surface area contributed by atoms with Gasteiger partial charge >= 0.3 is 12.2 Å². The lowest BCUT2D eigenvalue weighted by atomic mass is 10.0. The maximum Gasteiger partial charge on any atom is 0.415 e. The molecule has 3 rings (SSSR count). The van der Waals surface area contributed by atoms with Crippen LogP contribution in [0.4, 0.5) is 15.4 Å². The van der Waals surface area contributed by atoms with Crippen LogP contribution in [-0.2, 0) is 14.2 Å². The van der Waals surface area contributed by atoms with E-state index in [2.05, 4.69) is 4.98 Å². The maximum atomic E-state index is 13.9. The molecule has 2 atom stereocenters. The fraction of sp³-hybridized carbons (Fsp3) is 0.562. The lowest BCUT2D eigenvalue weighted by molar-refractivity contribution is 0.0261. The number of carbonyl (C=O) groups excluding carboxylic acids is 3. The first kappa shape index (κ1) is 34.4. The number of carbonyl (C=O) groups is 3. The summed E-state index contributed by atoms with van der Waals surface area (Å²) >= 11 is 0. The first-order valence-corrected chi connectivity index (χ1v) is 14.8. The van der Waals surface area contributed by atoms with Crippen LogP contribution in [0.1, 0.15) is 51.4 Å². The van der Waals surface area contributed by atoms with Crippen molar-refractivity contribution in [1.29, 1.82) is 0 Å². The van der Waals surface area contributed by atoms with Gasteiger partial charge in [-0.25, -0.2) is 14.6 Å². The zero-order valence-electron chi connectivity index (χ0n) is 27.1. The molecule has 0 aliphatic carbocycles. The minimum Gasteiger partial charge on any atom is -0.493 e. The van der Waals surface area contributed by atoms with Crippen LogP contribution < -0.4 is 14.4 Å². The van der Waals surface area contributed by atoms with Gasteiger partial charge in [0.2, 0.25) is 0 Å². The fourth-order valence-electron chi connectivity index (χ4n) is 4.73. The van der Waals surface area contributed by atoms with Crippen molar-refractivity contribution in [1.82, 2.24) is 14.8 Å². The number of benzene rings is 1. The molecule has 0 radical (unpaired) electrons. The summed E-state index contributed by atoms with van der Waals surface area (Å²) in [5, 5.41) is 0. The largest absolute Gasteiger partial charge is 0.493 e. The van der Waals surface area contributed by atoms with Crippen LogP contribution in [0.3, 0.4) is 0 Å². The number of anilines is 1. The van der Waals surface area contributed by atoms with Crippen molar-refractivity contribution in [2.75, 3.05) is 59.0 Å². The van der Waals surface area contributed by atoms with Crippen LogP contribution in [-0.4, -0.2) is 105 Å². The minimum absolute atomic E-state index is 0.128. The molecule has 3 amide bonds. The number of pyridine rings is 1. The molecule has 1 saturated heterocycles. The van der Waals surface area contributed by atoms with Gasteiger partial charge in [-0.1, -0.05) is 6.07 Å². The molecule has 1 aromatic carbocycles. The molecule has 12 nitrogen and oxygen atoms in total. The molecule has 12 heteroatoms. The Balaban J connectivity index is 1.83. The number of amides is 3. The molecule has 2 heterocycles. The molecule has 1 aliphatic heterocycles. The summed E-state index contributed by atoms with van der Waals surface area (Å²) in [6.07, 6.45) is 0.458. The van der Waals surface area contributed by atoms with Gasteiger partial charge in [-0.2, -0.15) is 0 Å². The predicted molar refractivity (Wildman–Crippen MR) is 165 cm³/mol. The molecule has 0 N–H and O–H groups in total. The van der Waals surface area contributed by atoms with E-state index in [0.29, 0.717) is 42.5 Å². The quantitative estimate of drug-likeness (QED) is 0.309. The number of methoxy groups -OCH3 is 2. The first-order valence-electron chi connectivity index (χ1n) is 14.8. The summed E-state index contributed by atoms with van der Waals surface area (Å²) in [5.41, 5.74) is -0.273. The molecule has 1 aliphatic rings. The number of hydrogen-bond donors (Lipinski definition) is 0. The Bertz CT molecular complexity index is 1250. The van der Waals surface area contributed by atoms with Gasteiger partial charge in [0.15, 0.2) is 11.5 Å². The molecule has 2 aromatic rings. The minimum atomic E-state index is -0.696. The Hall–Kier alpha value is -4.06. The highest BCUT2D eigenvalue weighted by Crippen LogP contribution is 2.30. The van der Waals surface area contributed by atoms with E-state index >= 15 is 0 Å². The van der Waals surface area contributed by atoms with Gasteiger partial charge in [-0.3, -0.25) is 9.69 Å². The van der Waals surface area contributed by atoms with E-state index in [4.69, 9.17) is 23.7 Å². The predicted octanol–water partition coefficient (Wildman–Crippen LogP) is 4.86. The zero-order valence-corrected chi connectivity index (χ0v) is 27.1. The topological polar surface area (TPSA) is 120 Å². The summed E-state index contributed by atoms with van der Waals surface area (Å²) in [6.45, 7) is 10.8. The second-order valence-corrected chi connectivity index (χ2v) is 11.9. The van der Waals surface area contributed by atoms with Gasteiger partial charge in [0, 0.05) is 64.0 Å². The molecule has 1 aromatic heterocycles. The third-order valence-electron chi connectivity index (χ3n) is 7.03. The van der Waals surface area contributed by atoms with Gasteiger partial charge in [-0.05, 0) is 65.0 Å². The maximum absolute atomic E-state index is 13.9. The lowest BCUT2D eigenvalue weighted by Gasteiger charge is -2.31. The third kappa shape index (κ3) is 9.47. The second kappa shape index (κ2) is 15.6. The highest BCUT2D eigenvalue weighted by atomic mass is 16.6. The Morgan fingerprint density at radius 3 is 2.41 bits per heavy atom. The van der Waals surface area contributed by atoms with Crippen molar-refractivity contribution in [3.8, 4) is 11.5 Å². The number of nitrogens with zero attached hydrogens (tertiary/aromatic N) is 4. The summed E-state index contributed by atoms with van der Waals surface area (Å²) in [7, 11) is 4.74. The van der Waals surface area contributed by atoms with Gasteiger partial charge < -0.3 is 33.5 Å². The van der Waals surface area contributed by atoms with Crippen molar-refractivity contribution >= 4 is 23.9 Å². The van der Waals surface area contributed by atoms with Crippen LogP contribution in [0.2, 0.25) is 0 Å². The standard InChI is InChI=1S/C32H46N4O8/c1-22(2)36(29(37)23-13-14-25(41-8)26(18-23)42-17-11-16-40-7)20-24-19-35(31(39)44-32(3,4)5)21-27(24)43-30(38)34(6)28-12-9-10-15-33-28/h9-10,12-15,18,22,24,27H,11,16-17,19-21H2,1-8H3/t24-,27+/m0/s1. The highest BCUT2D eigenvalue weighted by molar-refractivity contribution is 5.95. The lowest BCUT2D eigenvalue weighted by Crippen LogP contribution is -2.44. The normalized spacial score (nSPS) is 16.4. The van der Waals surface area contributed by atoms with Gasteiger partial charge in [0.25, 0.3) is 5.91 Å². The number of aromatic nitrogens is 1. The SMILES string of the molecule is COCCCOc1cc(C(=O)N(C[C@@H]2CN(C(=O)OC(C)(C)C)C[C@H]2OC(=O)N(C)c2ccccn2)C(C)C)ccc1OC. The monoisotopic (exact) mass is 614 g/mol. The Kier molecular flexibility index (Phi) is 12.2. The molecular weight excluding hydrogens is 568 g/mol. The average Bonchev–Trinajstić information content (AvgIpc) is 3.39. The van der Waals surface area contributed by atoms with Crippen molar-refractivity contribution in [2.45, 2.75) is 58.8 Å². The summed E-state index contributed by atoms with van der Waals surface area (Å²) in [6, 6.07) is 10.1.